The molecule has 3 fully saturated rings. The zero-order valence-corrected chi connectivity index (χ0v) is 26.8. The fourth-order valence-corrected chi connectivity index (χ4v) is 9.90. The van der Waals surface area contributed by atoms with E-state index in [-0.39, 0.29) is 11.5 Å². The average Bonchev–Trinajstić information content (AvgIpc) is 3.35. The Bertz CT molecular complexity index is 1570. The van der Waals surface area contributed by atoms with Gasteiger partial charge in [0.25, 0.3) is 0 Å². The van der Waals surface area contributed by atoms with E-state index in [9.17, 15) is 29.1 Å². The third kappa shape index (κ3) is 3.48. The molecular weight excluding hydrogens is 584 g/mol. The molecule has 242 valence electrons. The fraction of sp³-hybridized carbons (Fsp3) is 0.618. The van der Waals surface area contributed by atoms with Gasteiger partial charge in [0, 0.05) is 35.2 Å². The van der Waals surface area contributed by atoms with E-state index in [1.54, 1.807) is 39.4 Å². The number of furan rings is 1. The number of ether oxygens (including phenoxy) is 4. The Balaban J connectivity index is 1.68. The first-order chi connectivity index (χ1) is 21.0. The lowest BCUT2D eigenvalue weighted by atomic mass is 9.38. The van der Waals surface area contributed by atoms with E-state index >= 15 is 0 Å². The highest BCUT2D eigenvalue weighted by Crippen LogP contribution is 2.82. The van der Waals surface area contributed by atoms with Gasteiger partial charge in [-0.15, -0.1) is 0 Å². The molecule has 0 aromatic carbocycles. The summed E-state index contributed by atoms with van der Waals surface area (Å²) in [4.78, 5) is 68.2. The minimum absolute atomic E-state index is 0.146. The van der Waals surface area contributed by atoms with Crippen LogP contribution in [0.3, 0.4) is 0 Å². The summed E-state index contributed by atoms with van der Waals surface area (Å²) in [7, 11) is 1.12. The van der Waals surface area contributed by atoms with E-state index in [1.807, 2.05) is 19.9 Å². The molecule has 0 bridgehead atoms. The standard InChI is InChI=1S/C34H40O11/c1-9-16(2)28(39)44-27-23(43-17(3)35)25-30(4)12-10-20(36)31(5,29(40)41-8)24(30)22(37)26(38)33(25,7)34-21(45-34)14-19(32(27,34)6)18-11-13-42-15-18/h10-13,15-16,19,21,23,25,27,37H,9,14H2,1-8H3/t16?,19-,21+,23+,25?,27-,30-,31-,32+,33-,34+/m0/s1. The van der Waals surface area contributed by atoms with Crippen molar-refractivity contribution in [2.75, 3.05) is 7.11 Å². The maximum Gasteiger partial charge on any atom is 0.323 e. The van der Waals surface area contributed by atoms with E-state index in [0.29, 0.717) is 12.8 Å². The van der Waals surface area contributed by atoms with Crippen molar-refractivity contribution in [1.82, 2.24) is 0 Å². The van der Waals surface area contributed by atoms with E-state index < -0.39 is 92.6 Å². The lowest BCUT2D eigenvalue weighted by Gasteiger charge is -2.65. The highest BCUT2D eigenvalue weighted by atomic mass is 16.6. The molecule has 2 unspecified atom stereocenters. The van der Waals surface area contributed by atoms with Crippen molar-refractivity contribution in [2.24, 2.45) is 33.5 Å². The Morgan fingerprint density at radius 1 is 1.13 bits per heavy atom. The second-order valence-corrected chi connectivity index (χ2v) is 14.0. The van der Waals surface area contributed by atoms with E-state index in [2.05, 4.69) is 0 Å². The zero-order chi connectivity index (χ0) is 33.1. The number of allylic oxidation sites excluding steroid dienone is 3. The minimum Gasteiger partial charge on any atom is -0.504 e. The Kier molecular flexibility index (Phi) is 6.70. The summed E-state index contributed by atoms with van der Waals surface area (Å²) in [5.74, 6) is -6.17. The zero-order valence-electron chi connectivity index (χ0n) is 26.8. The Hall–Kier alpha value is -3.73. The van der Waals surface area contributed by atoms with Crippen molar-refractivity contribution in [3.05, 3.63) is 47.6 Å². The van der Waals surface area contributed by atoms with Crippen LogP contribution in [-0.4, -0.2) is 65.6 Å². The van der Waals surface area contributed by atoms with Crippen LogP contribution in [0.25, 0.3) is 0 Å². The third-order valence-electron chi connectivity index (χ3n) is 12.1. The summed E-state index contributed by atoms with van der Waals surface area (Å²) >= 11 is 0. The van der Waals surface area contributed by atoms with Gasteiger partial charge in [-0.3, -0.25) is 24.0 Å². The summed E-state index contributed by atoms with van der Waals surface area (Å²) in [6, 6.07) is 1.81. The molecule has 2 saturated carbocycles. The number of methoxy groups -OCH3 is 1. The number of aliphatic hydroxyl groups is 1. The molecule has 2 heterocycles. The summed E-state index contributed by atoms with van der Waals surface area (Å²) in [6.45, 7) is 11.4. The first-order valence-electron chi connectivity index (χ1n) is 15.4. The number of Topliss-reactive ketones (excluding diaryl/α,β-unsaturated/α-hetero) is 1. The van der Waals surface area contributed by atoms with Crippen LogP contribution in [0, 0.1) is 33.5 Å². The number of aliphatic hydroxyl groups excluding tert-OH is 1. The topological polar surface area (TPSA) is 159 Å². The van der Waals surface area contributed by atoms with Gasteiger partial charge in [-0.2, -0.15) is 0 Å². The predicted molar refractivity (Wildman–Crippen MR) is 155 cm³/mol. The van der Waals surface area contributed by atoms with Crippen molar-refractivity contribution >= 4 is 29.5 Å². The highest BCUT2D eigenvalue weighted by Gasteiger charge is 2.92. The molecule has 11 heteroatoms. The maximum atomic E-state index is 14.9. The van der Waals surface area contributed by atoms with Gasteiger partial charge in [0.15, 0.2) is 17.0 Å². The largest absolute Gasteiger partial charge is 0.504 e. The normalized spacial score (nSPS) is 43.4. The molecule has 1 saturated heterocycles. The quantitative estimate of drug-likeness (QED) is 0.210. The Morgan fingerprint density at radius 2 is 1.82 bits per heavy atom. The van der Waals surface area contributed by atoms with Crippen LogP contribution in [0.1, 0.15) is 72.8 Å². The number of fused-ring (bicyclic) bond motifs is 3. The van der Waals surface area contributed by atoms with Gasteiger partial charge in [-0.25, -0.2) is 0 Å². The molecule has 1 aliphatic heterocycles. The highest BCUT2D eigenvalue weighted by molar-refractivity contribution is 6.15. The third-order valence-corrected chi connectivity index (χ3v) is 12.1. The SMILES string of the molecule is CCC(C)C(=O)O[C@H]1[C@H](OC(C)=O)C2[C@@]3(C)C=CC(=O)[C@](C)(C(=O)OC)C3=C(O)C(=O)[C@@]2(C)[C@@]23O[C@@H]2C[C@@H](c2ccoc2)[C@]13C. The number of ketones is 2. The van der Waals surface area contributed by atoms with Gasteiger partial charge in [0.05, 0.1) is 37.1 Å². The molecule has 1 aromatic heterocycles. The van der Waals surface area contributed by atoms with Gasteiger partial charge >= 0.3 is 17.9 Å². The maximum absolute atomic E-state index is 14.9. The molecule has 0 amide bonds. The van der Waals surface area contributed by atoms with E-state index in [4.69, 9.17) is 23.4 Å². The number of hydrogen-bond acceptors (Lipinski definition) is 11. The summed E-state index contributed by atoms with van der Waals surface area (Å²) in [5, 5.41) is 11.9. The van der Waals surface area contributed by atoms with Gasteiger partial charge < -0.3 is 28.5 Å². The van der Waals surface area contributed by atoms with Crippen molar-refractivity contribution in [2.45, 2.75) is 91.1 Å². The van der Waals surface area contributed by atoms with Crippen LogP contribution in [0.4, 0.5) is 0 Å². The molecule has 11 atom stereocenters. The smallest absolute Gasteiger partial charge is 0.323 e. The van der Waals surface area contributed by atoms with Crippen LogP contribution >= 0.6 is 0 Å². The number of hydrogen-bond donors (Lipinski definition) is 1. The van der Waals surface area contributed by atoms with E-state index in [0.717, 1.165) is 12.7 Å². The minimum atomic E-state index is -2.06. The summed E-state index contributed by atoms with van der Waals surface area (Å²) in [6.07, 6.45) is 4.00. The van der Waals surface area contributed by atoms with Crippen molar-refractivity contribution < 1.29 is 52.4 Å². The molecule has 11 nitrogen and oxygen atoms in total. The number of epoxide rings is 1. The van der Waals surface area contributed by atoms with Crippen molar-refractivity contribution in [1.29, 1.82) is 0 Å². The van der Waals surface area contributed by atoms with Crippen LogP contribution < -0.4 is 0 Å². The Morgan fingerprint density at radius 3 is 2.40 bits per heavy atom. The first kappa shape index (κ1) is 31.3. The van der Waals surface area contributed by atoms with Crippen LogP contribution in [0.5, 0.6) is 0 Å². The lowest BCUT2D eigenvalue weighted by Crippen LogP contribution is -2.76. The first-order valence-corrected chi connectivity index (χ1v) is 15.4. The van der Waals surface area contributed by atoms with Crippen LogP contribution in [0.2, 0.25) is 0 Å². The van der Waals surface area contributed by atoms with Gasteiger partial charge in [0.1, 0.15) is 17.8 Å². The molecule has 5 aliphatic rings. The van der Waals surface area contributed by atoms with Crippen molar-refractivity contribution in [3.8, 4) is 0 Å². The molecule has 1 spiro atoms. The monoisotopic (exact) mass is 624 g/mol. The molecule has 45 heavy (non-hydrogen) atoms. The average molecular weight is 625 g/mol. The molecule has 1 N–H and O–H groups in total. The molecular formula is C34H40O11. The van der Waals surface area contributed by atoms with Gasteiger partial charge in [-0.1, -0.05) is 33.8 Å². The van der Waals surface area contributed by atoms with Crippen molar-refractivity contribution in [3.63, 3.8) is 0 Å². The Labute approximate surface area is 261 Å². The summed E-state index contributed by atoms with van der Waals surface area (Å²) < 4.78 is 29.6. The number of carbonyl (C=O) groups is 5. The van der Waals surface area contributed by atoms with Crippen LogP contribution in [-0.2, 0) is 42.9 Å². The second kappa shape index (κ2) is 9.64. The van der Waals surface area contributed by atoms with Crippen LogP contribution in [0.15, 0.2) is 46.5 Å². The summed E-state index contributed by atoms with van der Waals surface area (Å²) in [5.41, 5.74) is -6.86. The molecule has 6 rings (SSSR count). The second-order valence-electron chi connectivity index (χ2n) is 14.0. The van der Waals surface area contributed by atoms with Gasteiger partial charge in [-0.05, 0) is 44.4 Å². The lowest BCUT2D eigenvalue weighted by molar-refractivity contribution is -0.249. The number of rotatable bonds is 6. The molecule has 4 aliphatic carbocycles. The predicted octanol–water partition coefficient (Wildman–Crippen LogP) is 4.16. The van der Waals surface area contributed by atoms with E-state index in [1.165, 1.54) is 19.9 Å². The molecule has 0 radical (unpaired) electrons. The molecule has 1 aromatic rings. The van der Waals surface area contributed by atoms with Gasteiger partial charge in [0.2, 0.25) is 5.78 Å². The number of carbonyl (C=O) groups excluding carboxylic acids is 5. The fourth-order valence-electron chi connectivity index (χ4n) is 9.90. The number of esters is 3.